The summed E-state index contributed by atoms with van der Waals surface area (Å²) in [5.74, 6) is -0.323. The minimum absolute atomic E-state index is 0.157. The van der Waals surface area contributed by atoms with Gasteiger partial charge in [-0.1, -0.05) is 66.7 Å². The standard InChI is InChI=1S/C27H27N3O2S/c31-26-24(23-12-7-19-33-23)25(27(32)30(26)14-13-21-8-3-1-4-9-21)29-17-15-28(16-18-29)20-22-10-5-2-6-11-22/h1-12,19H,13-18,20H2. The molecule has 2 aliphatic rings. The summed E-state index contributed by atoms with van der Waals surface area (Å²) in [7, 11) is 0. The number of thiophene rings is 1. The molecule has 6 heteroatoms. The van der Waals surface area contributed by atoms with Gasteiger partial charge >= 0.3 is 0 Å². The highest BCUT2D eigenvalue weighted by Gasteiger charge is 2.42. The largest absolute Gasteiger partial charge is 0.364 e. The summed E-state index contributed by atoms with van der Waals surface area (Å²) in [6.45, 7) is 4.50. The summed E-state index contributed by atoms with van der Waals surface area (Å²) in [5, 5.41) is 1.96. The lowest BCUT2D eigenvalue weighted by Gasteiger charge is -2.36. The molecule has 3 heterocycles. The first-order valence-electron chi connectivity index (χ1n) is 11.4. The molecular formula is C27H27N3O2S. The molecule has 1 fully saturated rings. The van der Waals surface area contributed by atoms with Crippen LogP contribution < -0.4 is 0 Å². The lowest BCUT2D eigenvalue weighted by molar-refractivity contribution is -0.137. The van der Waals surface area contributed by atoms with Gasteiger partial charge in [0.05, 0.1) is 5.57 Å². The van der Waals surface area contributed by atoms with E-state index >= 15 is 0 Å². The maximum Gasteiger partial charge on any atom is 0.277 e. The molecule has 2 amide bonds. The van der Waals surface area contributed by atoms with Gasteiger partial charge in [0.15, 0.2) is 0 Å². The Morgan fingerprint density at radius 1 is 0.727 bits per heavy atom. The highest BCUT2D eigenvalue weighted by Crippen LogP contribution is 2.34. The molecule has 0 spiro atoms. The number of rotatable bonds is 7. The van der Waals surface area contributed by atoms with Gasteiger partial charge in [-0.3, -0.25) is 19.4 Å². The van der Waals surface area contributed by atoms with Gasteiger partial charge in [-0.25, -0.2) is 0 Å². The van der Waals surface area contributed by atoms with E-state index in [1.54, 1.807) is 0 Å². The molecule has 168 valence electrons. The molecule has 3 aromatic rings. The molecule has 2 aliphatic heterocycles. The number of nitrogens with zero attached hydrogens (tertiary/aromatic N) is 3. The van der Waals surface area contributed by atoms with Crippen molar-refractivity contribution in [3.8, 4) is 0 Å². The summed E-state index contributed by atoms with van der Waals surface area (Å²) in [4.78, 5) is 33.8. The molecule has 1 saturated heterocycles. The highest BCUT2D eigenvalue weighted by atomic mass is 32.1. The molecular weight excluding hydrogens is 430 g/mol. The molecule has 0 radical (unpaired) electrons. The Morgan fingerprint density at radius 2 is 1.39 bits per heavy atom. The van der Waals surface area contributed by atoms with Crippen LogP contribution in [0.1, 0.15) is 16.0 Å². The van der Waals surface area contributed by atoms with E-state index in [1.807, 2.05) is 53.9 Å². The van der Waals surface area contributed by atoms with Crippen LogP contribution in [0, 0.1) is 0 Å². The summed E-state index contributed by atoms with van der Waals surface area (Å²) in [5.41, 5.74) is 3.57. The molecule has 0 bridgehead atoms. The van der Waals surface area contributed by atoms with Crippen LogP contribution in [0.15, 0.2) is 83.9 Å². The number of piperazine rings is 1. The molecule has 0 unspecified atom stereocenters. The Bertz CT molecular complexity index is 1130. The zero-order valence-electron chi connectivity index (χ0n) is 18.5. The lowest BCUT2D eigenvalue weighted by Crippen LogP contribution is -2.47. The van der Waals surface area contributed by atoms with Gasteiger partial charge in [0.2, 0.25) is 0 Å². The van der Waals surface area contributed by atoms with E-state index < -0.39 is 0 Å². The van der Waals surface area contributed by atoms with Crippen LogP contribution in [0.3, 0.4) is 0 Å². The molecule has 0 aliphatic carbocycles. The van der Waals surface area contributed by atoms with Crippen LogP contribution in [0.2, 0.25) is 0 Å². The number of carbonyl (C=O) groups excluding carboxylic acids is 2. The number of hydrogen-bond acceptors (Lipinski definition) is 5. The molecule has 33 heavy (non-hydrogen) atoms. The highest BCUT2D eigenvalue weighted by molar-refractivity contribution is 7.11. The Kier molecular flexibility index (Phi) is 6.37. The van der Waals surface area contributed by atoms with Crippen molar-refractivity contribution in [3.05, 3.63) is 99.9 Å². The van der Waals surface area contributed by atoms with Gasteiger partial charge < -0.3 is 4.90 Å². The quantitative estimate of drug-likeness (QED) is 0.505. The van der Waals surface area contributed by atoms with Gasteiger partial charge in [-0.15, -0.1) is 11.3 Å². The number of benzene rings is 2. The molecule has 0 atom stereocenters. The van der Waals surface area contributed by atoms with E-state index in [0.717, 1.165) is 43.2 Å². The van der Waals surface area contributed by atoms with Crippen molar-refractivity contribution in [2.45, 2.75) is 13.0 Å². The normalized spacial score (nSPS) is 17.3. The Hall–Kier alpha value is -3.22. The van der Waals surface area contributed by atoms with Gasteiger partial charge in [0.25, 0.3) is 11.8 Å². The van der Waals surface area contributed by atoms with Crippen molar-refractivity contribution < 1.29 is 9.59 Å². The first kappa shape index (κ1) is 21.6. The summed E-state index contributed by atoms with van der Waals surface area (Å²) in [6.07, 6.45) is 0.661. The lowest BCUT2D eigenvalue weighted by atomic mass is 10.1. The Labute approximate surface area is 198 Å². The van der Waals surface area contributed by atoms with Crippen LogP contribution in [0.25, 0.3) is 5.57 Å². The minimum Gasteiger partial charge on any atom is -0.364 e. The van der Waals surface area contributed by atoms with E-state index in [2.05, 4.69) is 34.1 Å². The average molecular weight is 458 g/mol. The monoisotopic (exact) mass is 457 g/mol. The van der Waals surface area contributed by atoms with E-state index in [9.17, 15) is 9.59 Å². The van der Waals surface area contributed by atoms with E-state index in [1.165, 1.54) is 21.8 Å². The van der Waals surface area contributed by atoms with Gasteiger partial charge in [0, 0.05) is 44.1 Å². The van der Waals surface area contributed by atoms with Gasteiger partial charge in [-0.05, 0) is 29.0 Å². The number of carbonyl (C=O) groups is 2. The summed E-state index contributed by atoms with van der Waals surface area (Å²) in [6, 6.07) is 24.3. The molecule has 0 N–H and O–H groups in total. The fourth-order valence-corrected chi connectivity index (χ4v) is 5.32. The van der Waals surface area contributed by atoms with Crippen LogP contribution in [-0.4, -0.2) is 59.2 Å². The van der Waals surface area contributed by atoms with Crippen LogP contribution in [0.4, 0.5) is 0 Å². The van der Waals surface area contributed by atoms with Crippen LogP contribution in [0.5, 0.6) is 0 Å². The first-order valence-corrected chi connectivity index (χ1v) is 12.3. The van der Waals surface area contributed by atoms with E-state index in [0.29, 0.717) is 24.2 Å². The second kappa shape index (κ2) is 9.73. The maximum absolute atomic E-state index is 13.5. The zero-order chi connectivity index (χ0) is 22.6. The van der Waals surface area contributed by atoms with Crippen molar-refractivity contribution in [2.24, 2.45) is 0 Å². The zero-order valence-corrected chi connectivity index (χ0v) is 19.3. The SMILES string of the molecule is O=C1C(c2cccs2)=C(N2CCN(Cc3ccccc3)CC2)C(=O)N1CCc1ccccc1. The van der Waals surface area contributed by atoms with Gasteiger partial charge in [0.1, 0.15) is 5.70 Å². The van der Waals surface area contributed by atoms with E-state index in [4.69, 9.17) is 0 Å². The molecule has 0 saturated carbocycles. The summed E-state index contributed by atoms with van der Waals surface area (Å²) < 4.78 is 0. The fourth-order valence-electron chi connectivity index (χ4n) is 4.56. The van der Waals surface area contributed by atoms with Gasteiger partial charge in [-0.2, -0.15) is 0 Å². The Balaban J connectivity index is 1.33. The minimum atomic E-state index is -0.167. The maximum atomic E-state index is 13.5. The third-order valence-corrected chi connectivity index (χ3v) is 7.20. The number of imide groups is 1. The fraction of sp³-hybridized carbons (Fsp3) is 0.259. The molecule has 2 aromatic carbocycles. The van der Waals surface area contributed by atoms with Crippen molar-refractivity contribution in [3.63, 3.8) is 0 Å². The smallest absolute Gasteiger partial charge is 0.277 e. The predicted molar refractivity (Wildman–Crippen MR) is 131 cm³/mol. The number of amides is 2. The average Bonchev–Trinajstić information content (AvgIpc) is 3.46. The number of hydrogen-bond donors (Lipinski definition) is 0. The predicted octanol–water partition coefficient (Wildman–Crippen LogP) is 3.89. The third-order valence-electron chi connectivity index (χ3n) is 6.32. The van der Waals surface area contributed by atoms with Crippen LogP contribution in [-0.2, 0) is 22.6 Å². The third kappa shape index (κ3) is 4.63. The van der Waals surface area contributed by atoms with Crippen molar-refractivity contribution in [1.29, 1.82) is 0 Å². The van der Waals surface area contributed by atoms with Crippen molar-refractivity contribution in [1.82, 2.24) is 14.7 Å². The molecule has 1 aromatic heterocycles. The molecule has 5 rings (SSSR count). The van der Waals surface area contributed by atoms with E-state index in [-0.39, 0.29) is 11.8 Å². The van der Waals surface area contributed by atoms with Crippen molar-refractivity contribution >= 4 is 28.7 Å². The Morgan fingerprint density at radius 3 is 2.03 bits per heavy atom. The van der Waals surface area contributed by atoms with Crippen LogP contribution >= 0.6 is 11.3 Å². The second-order valence-corrected chi connectivity index (χ2v) is 9.39. The molecule has 5 nitrogen and oxygen atoms in total. The first-order chi connectivity index (χ1) is 16.2. The second-order valence-electron chi connectivity index (χ2n) is 8.45. The van der Waals surface area contributed by atoms with Crippen molar-refractivity contribution in [2.75, 3.05) is 32.7 Å². The summed E-state index contributed by atoms with van der Waals surface area (Å²) >= 11 is 1.52. The topological polar surface area (TPSA) is 43.9 Å².